The van der Waals surface area contributed by atoms with E-state index in [4.69, 9.17) is 17.0 Å². The van der Waals surface area contributed by atoms with Crippen LogP contribution in [0.2, 0.25) is 0 Å². The lowest BCUT2D eigenvalue weighted by Crippen LogP contribution is -2.45. The van der Waals surface area contributed by atoms with Gasteiger partial charge in [-0.05, 0) is 41.7 Å². The molecule has 2 rings (SSSR count). The average molecular weight is 445 g/mol. The van der Waals surface area contributed by atoms with E-state index < -0.39 is 10.0 Å². The van der Waals surface area contributed by atoms with Crippen LogP contribution in [0.25, 0.3) is 0 Å². The summed E-state index contributed by atoms with van der Waals surface area (Å²) in [6.45, 7) is 2.00. The van der Waals surface area contributed by atoms with E-state index in [0.717, 1.165) is 12.3 Å². The van der Waals surface area contributed by atoms with Crippen LogP contribution in [0.5, 0.6) is 5.75 Å². The van der Waals surface area contributed by atoms with Gasteiger partial charge in [0.05, 0.1) is 19.4 Å². The molecule has 1 amide bonds. The molecule has 1 unspecified atom stereocenters. The molecule has 1 aromatic rings. The Kier molecular flexibility index (Phi) is 7.96. The number of hydrogen-bond donors (Lipinski definition) is 3. The lowest BCUT2D eigenvalue weighted by atomic mass is 10.1. The topological polar surface area (TPSA) is 99.8 Å². The van der Waals surface area contributed by atoms with Gasteiger partial charge in [0.1, 0.15) is 16.8 Å². The highest BCUT2D eigenvalue weighted by Gasteiger charge is 2.23. The second kappa shape index (κ2) is 9.99. The highest BCUT2D eigenvalue weighted by Crippen LogP contribution is 2.25. The van der Waals surface area contributed by atoms with Gasteiger partial charge in [-0.3, -0.25) is 9.52 Å². The van der Waals surface area contributed by atoms with E-state index in [1.807, 2.05) is 18.5 Å². The van der Waals surface area contributed by atoms with Crippen LogP contribution in [0.15, 0.2) is 34.7 Å². The van der Waals surface area contributed by atoms with E-state index in [-0.39, 0.29) is 34.3 Å². The fraction of sp³-hybridized carbons (Fsp3) is 0.412. The predicted molar refractivity (Wildman–Crippen MR) is 114 cm³/mol. The first-order valence-electron chi connectivity index (χ1n) is 8.55. The molecule has 0 saturated heterocycles. The maximum absolute atomic E-state index is 12.6. The molecule has 11 heteroatoms. The minimum absolute atomic E-state index is 0.0347. The van der Waals surface area contributed by atoms with E-state index in [1.165, 1.54) is 26.3 Å². The Bertz CT molecular complexity index is 858. The number of carbonyl (C=O) groups excluding carboxylic acids is 1. The summed E-state index contributed by atoms with van der Waals surface area (Å²) in [5.41, 5.74) is 0.551. The number of thioether (sulfide) groups is 1. The van der Waals surface area contributed by atoms with Gasteiger partial charge >= 0.3 is 0 Å². The zero-order valence-corrected chi connectivity index (χ0v) is 18.3. The third kappa shape index (κ3) is 5.76. The van der Waals surface area contributed by atoms with Crippen molar-refractivity contribution in [1.82, 2.24) is 20.3 Å². The molecule has 0 spiro atoms. The Morgan fingerprint density at radius 3 is 2.75 bits per heavy atom. The van der Waals surface area contributed by atoms with Gasteiger partial charge in [0.25, 0.3) is 10.0 Å². The molecule has 8 nitrogen and oxygen atoms in total. The molecule has 0 radical (unpaired) electrons. The van der Waals surface area contributed by atoms with E-state index in [0.29, 0.717) is 5.56 Å². The lowest BCUT2D eigenvalue weighted by molar-refractivity contribution is -0.122. The summed E-state index contributed by atoms with van der Waals surface area (Å²) in [5, 5.41) is 7.48. The number of rotatable bonds is 8. The molecule has 154 valence electrons. The van der Waals surface area contributed by atoms with Gasteiger partial charge in [0, 0.05) is 13.2 Å². The van der Waals surface area contributed by atoms with Gasteiger partial charge in [0.15, 0.2) is 5.11 Å². The van der Waals surface area contributed by atoms with Crippen LogP contribution < -0.4 is 20.1 Å². The van der Waals surface area contributed by atoms with Gasteiger partial charge in [-0.25, -0.2) is 8.42 Å². The molecule has 0 aromatic heterocycles. The number of nitrogens with zero attached hydrogens (tertiary/aromatic N) is 1. The summed E-state index contributed by atoms with van der Waals surface area (Å²) >= 11 is 6.54. The quantitative estimate of drug-likeness (QED) is 0.517. The zero-order chi connectivity index (χ0) is 20.7. The summed E-state index contributed by atoms with van der Waals surface area (Å²) in [7, 11) is -1.05. The third-order valence-corrected chi connectivity index (χ3v) is 6.59. The number of sulfonamides is 1. The first-order chi connectivity index (χ1) is 13.3. The normalized spacial score (nSPS) is 14.5. The Morgan fingerprint density at radius 2 is 2.18 bits per heavy atom. The highest BCUT2D eigenvalue weighted by atomic mass is 32.2. The Labute approximate surface area is 175 Å². The van der Waals surface area contributed by atoms with Crippen molar-refractivity contribution < 1.29 is 17.9 Å². The summed E-state index contributed by atoms with van der Waals surface area (Å²) in [4.78, 5) is 14.5. The number of ether oxygens (including phenoxy) is 1. The van der Waals surface area contributed by atoms with Gasteiger partial charge < -0.3 is 20.3 Å². The van der Waals surface area contributed by atoms with Gasteiger partial charge in [-0.1, -0.05) is 13.0 Å². The predicted octanol–water partition coefficient (Wildman–Crippen LogP) is 1.35. The molecule has 1 aliphatic heterocycles. The highest BCUT2D eigenvalue weighted by molar-refractivity contribution is 8.02. The minimum Gasteiger partial charge on any atom is -0.495 e. The molecular formula is C17H24N4O4S3. The SMILES string of the molecule is CCC(NC(=O)Cc1ccc(OC)c(S(=O)(=O)NC(=S)NC)c1)N1C=CSC1. The number of carbonyl (C=O) groups is 1. The Hall–Kier alpha value is -1.98. The van der Waals surface area contributed by atoms with E-state index in [2.05, 4.69) is 20.3 Å². The van der Waals surface area contributed by atoms with Crippen LogP contribution in [0, 0.1) is 0 Å². The maximum Gasteiger partial charge on any atom is 0.267 e. The summed E-state index contributed by atoms with van der Waals surface area (Å²) in [6.07, 6.45) is 2.65. The number of nitrogens with one attached hydrogen (secondary N) is 3. The van der Waals surface area contributed by atoms with Crippen LogP contribution >= 0.6 is 24.0 Å². The van der Waals surface area contributed by atoms with Crippen molar-refractivity contribution in [3.63, 3.8) is 0 Å². The van der Waals surface area contributed by atoms with E-state index in [9.17, 15) is 13.2 Å². The van der Waals surface area contributed by atoms with Crippen molar-refractivity contribution in [2.24, 2.45) is 0 Å². The molecule has 1 atom stereocenters. The van der Waals surface area contributed by atoms with Crippen molar-refractivity contribution in [1.29, 1.82) is 0 Å². The molecule has 1 aliphatic rings. The fourth-order valence-corrected chi connectivity index (χ4v) is 4.87. The first-order valence-corrected chi connectivity index (χ1v) is 11.5. The van der Waals surface area contributed by atoms with Crippen LogP contribution in [-0.2, 0) is 21.2 Å². The van der Waals surface area contributed by atoms with E-state index >= 15 is 0 Å². The second-order valence-corrected chi connectivity index (χ2v) is 8.86. The molecule has 3 N–H and O–H groups in total. The summed E-state index contributed by atoms with van der Waals surface area (Å²) in [5.74, 6) is 0.770. The molecule has 28 heavy (non-hydrogen) atoms. The van der Waals surface area contributed by atoms with Gasteiger partial charge in [0.2, 0.25) is 5.91 Å². The molecule has 1 aromatic carbocycles. The van der Waals surface area contributed by atoms with Crippen molar-refractivity contribution >= 4 is 45.0 Å². The average Bonchev–Trinajstić information content (AvgIpc) is 3.20. The number of hydrogen-bond acceptors (Lipinski definition) is 7. The number of benzene rings is 1. The monoisotopic (exact) mass is 444 g/mol. The standard InChI is InChI=1S/C17H24N4O4S3/c1-4-15(21-7-8-27-11-21)19-16(22)10-12-5-6-13(25-3)14(9-12)28(23,24)20-17(26)18-2/h5-9,15H,4,10-11H2,1-3H3,(H,19,22)(H2,18,20,26). The molecule has 0 bridgehead atoms. The minimum atomic E-state index is -3.94. The Balaban J connectivity index is 2.16. The molecule has 1 heterocycles. The second-order valence-electron chi connectivity index (χ2n) is 5.93. The summed E-state index contributed by atoms with van der Waals surface area (Å²) in [6, 6.07) is 4.61. The van der Waals surface area contributed by atoms with Crippen molar-refractivity contribution in [2.75, 3.05) is 20.0 Å². The van der Waals surface area contributed by atoms with Crippen molar-refractivity contribution in [3.8, 4) is 5.75 Å². The van der Waals surface area contributed by atoms with Gasteiger partial charge in [-0.2, -0.15) is 0 Å². The van der Waals surface area contributed by atoms with Crippen LogP contribution in [-0.4, -0.2) is 50.5 Å². The molecule has 0 saturated carbocycles. The largest absolute Gasteiger partial charge is 0.495 e. The van der Waals surface area contributed by atoms with Crippen molar-refractivity contribution in [2.45, 2.75) is 30.8 Å². The fourth-order valence-electron chi connectivity index (χ4n) is 2.60. The van der Waals surface area contributed by atoms with Crippen LogP contribution in [0.4, 0.5) is 0 Å². The summed E-state index contributed by atoms with van der Waals surface area (Å²) < 4.78 is 32.6. The first kappa shape index (κ1) is 22.3. The van der Waals surface area contributed by atoms with Gasteiger partial charge in [-0.15, -0.1) is 11.8 Å². The zero-order valence-electron chi connectivity index (χ0n) is 15.9. The number of thiocarbonyl (C=S) groups is 1. The van der Waals surface area contributed by atoms with E-state index in [1.54, 1.807) is 17.8 Å². The van der Waals surface area contributed by atoms with Crippen LogP contribution in [0.1, 0.15) is 18.9 Å². The molecular weight excluding hydrogens is 420 g/mol. The molecule has 0 fully saturated rings. The van der Waals surface area contributed by atoms with Crippen LogP contribution in [0.3, 0.4) is 0 Å². The molecule has 0 aliphatic carbocycles. The Morgan fingerprint density at radius 1 is 1.43 bits per heavy atom. The van der Waals surface area contributed by atoms with Crippen molar-refractivity contribution in [3.05, 3.63) is 35.4 Å². The third-order valence-electron chi connectivity index (χ3n) is 4.02. The number of amides is 1. The smallest absolute Gasteiger partial charge is 0.267 e. The maximum atomic E-state index is 12.6. The number of methoxy groups -OCH3 is 1. The lowest BCUT2D eigenvalue weighted by Gasteiger charge is -2.27.